The molecule has 0 bridgehead atoms. The number of nitrogens with zero attached hydrogens (tertiary/aromatic N) is 1. The lowest BCUT2D eigenvalue weighted by Crippen LogP contribution is -2.47. The SMILES string of the molecule is C=CCN1CC[C@@](C)(c2cccc(O)c2)[C@@H](C)C1. The summed E-state index contributed by atoms with van der Waals surface area (Å²) >= 11 is 0. The Labute approximate surface area is 110 Å². The standard InChI is InChI=1S/C16H23NO/c1-4-9-17-10-8-16(3,13(2)12-17)14-6-5-7-15(18)11-14/h4-7,11,13,18H,1,8-10,12H2,2-3H3/t13-,16+/m0/s1. The second kappa shape index (κ2) is 5.15. The Bertz CT molecular complexity index is 429. The monoisotopic (exact) mass is 245 g/mol. The molecular weight excluding hydrogens is 222 g/mol. The highest BCUT2D eigenvalue weighted by atomic mass is 16.3. The number of likely N-dealkylation sites (tertiary alicyclic amines) is 1. The van der Waals surface area contributed by atoms with Crippen LogP contribution in [-0.2, 0) is 5.41 Å². The van der Waals surface area contributed by atoms with Gasteiger partial charge in [0, 0.05) is 13.1 Å². The van der Waals surface area contributed by atoms with E-state index in [0.29, 0.717) is 11.7 Å². The molecule has 1 heterocycles. The second-order valence-electron chi connectivity index (χ2n) is 5.67. The molecule has 0 radical (unpaired) electrons. The average molecular weight is 245 g/mol. The summed E-state index contributed by atoms with van der Waals surface area (Å²) in [6.07, 6.45) is 3.11. The van der Waals surface area contributed by atoms with Gasteiger partial charge in [-0.05, 0) is 42.0 Å². The van der Waals surface area contributed by atoms with Gasteiger partial charge in [-0.1, -0.05) is 32.1 Å². The quantitative estimate of drug-likeness (QED) is 0.827. The van der Waals surface area contributed by atoms with E-state index >= 15 is 0 Å². The minimum atomic E-state index is 0.163. The fourth-order valence-corrected chi connectivity index (χ4v) is 2.96. The molecule has 0 spiro atoms. The molecule has 1 aliphatic rings. The van der Waals surface area contributed by atoms with Crippen molar-refractivity contribution in [3.8, 4) is 5.75 Å². The van der Waals surface area contributed by atoms with Crippen LogP contribution in [0.15, 0.2) is 36.9 Å². The van der Waals surface area contributed by atoms with Gasteiger partial charge in [-0.3, -0.25) is 4.90 Å². The van der Waals surface area contributed by atoms with Gasteiger partial charge in [-0.15, -0.1) is 6.58 Å². The number of hydrogen-bond donors (Lipinski definition) is 1. The Morgan fingerprint density at radius 2 is 2.33 bits per heavy atom. The van der Waals surface area contributed by atoms with E-state index in [4.69, 9.17) is 0 Å². The summed E-state index contributed by atoms with van der Waals surface area (Å²) in [5.74, 6) is 0.947. The van der Waals surface area contributed by atoms with Crippen LogP contribution in [0.3, 0.4) is 0 Å². The maximum absolute atomic E-state index is 9.66. The first kappa shape index (κ1) is 13.2. The number of piperidine rings is 1. The van der Waals surface area contributed by atoms with Crippen LogP contribution in [0.2, 0.25) is 0 Å². The van der Waals surface area contributed by atoms with Crippen molar-refractivity contribution in [1.82, 2.24) is 4.90 Å². The Hall–Kier alpha value is -1.28. The molecule has 1 saturated heterocycles. The maximum atomic E-state index is 9.66. The van der Waals surface area contributed by atoms with Gasteiger partial charge in [0.05, 0.1) is 0 Å². The van der Waals surface area contributed by atoms with Gasteiger partial charge >= 0.3 is 0 Å². The molecule has 1 fully saturated rings. The van der Waals surface area contributed by atoms with Crippen LogP contribution in [0, 0.1) is 5.92 Å². The first-order valence-electron chi connectivity index (χ1n) is 6.69. The van der Waals surface area contributed by atoms with Crippen molar-refractivity contribution in [2.75, 3.05) is 19.6 Å². The van der Waals surface area contributed by atoms with E-state index in [0.717, 1.165) is 26.1 Å². The summed E-state index contributed by atoms with van der Waals surface area (Å²) in [7, 11) is 0. The molecule has 1 aromatic rings. The highest BCUT2D eigenvalue weighted by molar-refractivity contribution is 5.33. The van der Waals surface area contributed by atoms with Crippen LogP contribution in [0.1, 0.15) is 25.8 Å². The third-order valence-corrected chi connectivity index (χ3v) is 4.46. The van der Waals surface area contributed by atoms with Crippen LogP contribution < -0.4 is 0 Å². The largest absolute Gasteiger partial charge is 0.508 e. The summed E-state index contributed by atoms with van der Waals surface area (Å²) in [5, 5.41) is 9.66. The van der Waals surface area contributed by atoms with Crippen LogP contribution >= 0.6 is 0 Å². The zero-order chi connectivity index (χ0) is 13.2. The number of hydrogen-bond acceptors (Lipinski definition) is 2. The number of rotatable bonds is 3. The molecule has 98 valence electrons. The molecule has 2 heteroatoms. The lowest BCUT2D eigenvalue weighted by atomic mass is 9.68. The predicted octanol–water partition coefficient (Wildman–Crippen LogP) is 3.18. The molecule has 2 rings (SSSR count). The normalized spacial score (nSPS) is 29.1. The zero-order valence-electron chi connectivity index (χ0n) is 11.4. The van der Waals surface area contributed by atoms with E-state index in [-0.39, 0.29) is 5.41 Å². The summed E-state index contributed by atoms with van der Waals surface area (Å²) < 4.78 is 0. The summed E-state index contributed by atoms with van der Waals surface area (Å²) in [5.41, 5.74) is 1.42. The molecule has 2 atom stereocenters. The van der Waals surface area contributed by atoms with Crippen molar-refractivity contribution in [1.29, 1.82) is 0 Å². The Balaban J connectivity index is 2.19. The number of phenols is 1. The van der Waals surface area contributed by atoms with Crippen molar-refractivity contribution >= 4 is 0 Å². The Morgan fingerprint density at radius 1 is 1.56 bits per heavy atom. The van der Waals surface area contributed by atoms with E-state index in [1.807, 2.05) is 18.2 Å². The third kappa shape index (κ3) is 2.44. The fraction of sp³-hybridized carbons (Fsp3) is 0.500. The average Bonchev–Trinajstić information content (AvgIpc) is 2.34. The molecule has 1 aromatic carbocycles. The van der Waals surface area contributed by atoms with Gasteiger partial charge in [0.2, 0.25) is 0 Å². The van der Waals surface area contributed by atoms with E-state index in [9.17, 15) is 5.11 Å². The molecule has 2 nitrogen and oxygen atoms in total. The van der Waals surface area contributed by atoms with Crippen LogP contribution in [0.4, 0.5) is 0 Å². The van der Waals surface area contributed by atoms with Gasteiger partial charge in [0.25, 0.3) is 0 Å². The van der Waals surface area contributed by atoms with Crippen LogP contribution in [0.5, 0.6) is 5.75 Å². The smallest absolute Gasteiger partial charge is 0.115 e. The van der Waals surface area contributed by atoms with Crippen LogP contribution in [-0.4, -0.2) is 29.6 Å². The van der Waals surface area contributed by atoms with Gasteiger partial charge in [-0.2, -0.15) is 0 Å². The molecule has 0 unspecified atom stereocenters. The first-order valence-corrected chi connectivity index (χ1v) is 6.69. The van der Waals surface area contributed by atoms with E-state index < -0.39 is 0 Å². The highest BCUT2D eigenvalue weighted by Gasteiger charge is 2.37. The van der Waals surface area contributed by atoms with Gasteiger partial charge in [0.15, 0.2) is 0 Å². The topological polar surface area (TPSA) is 23.5 Å². The van der Waals surface area contributed by atoms with E-state index in [1.54, 1.807) is 6.07 Å². The van der Waals surface area contributed by atoms with Gasteiger partial charge in [-0.25, -0.2) is 0 Å². The summed E-state index contributed by atoms with van der Waals surface area (Å²) in [6, 6.07) is 7.74. The predicted molar refractivity (Wildman–Crippen MR) is 75.9 cm³/mol. The van der Waals surface area contributed by atoms with E-state index in [1.165, 1.54) is 5.56 Å². The lowest BCUT2D eigenvalue weighted by Gasteiger charge is -2.45. The number of phenolic OH excluding ortho intramolecular Hbond substituents is 1. The Morgan fingerprint density at radius 3 is 2.94 bits per heavy atom. The van der Waals surface area contributed by atoms with Gasteiger partial charge < -0.3 is 5.11 Å². The molecule has 0 aromatic heterocycles. The molecule has 1 N–H and O–H groups in total. The van der Waals surface area contributed by atoms with Crippen molar-refractivity contribution in [2.24, 2.45) is 5.92 Å². The fourth-order valence-electron chi connectivity index (χ4n) is 2.96. The van der Waals surface area contributed by atoms with Gasteiger partial charge in [0.1, 0.15) is 5.75 Å². The van der Waals surface area contributed by atoms with E-state index in [2.05, 4.69) is 31.4 Å². The molecule has 1 aliphatic heterocycles. The minimum Gasteiger partial charge on any atom is -0.508 e. The molecule has 0 amide bonds. The van der Waals surface area contributed by atoms with Crippen molar-refractivity contribution in [2.45, 2.75) is 25.7 Å². The lowest BCUT2D eigenvalue weighted by molar-refractivity contribution is 0.121. The molecule has 0 aliphatic carbocycles. The van der Waals surface area contributed by atoms with Crippen molar-refractivity contribution in [3.63, 3.8) is 0 Å². The van der Waals surface area contributed by atoms with Crippen molar-refractivity contribution in [3.05, 3.63) is 42.5 Å². The van der Waals surface area contributed by atoms with Crippen LogP contribution in [0.25, 0.3) is 0 Å². The summed E-state index contributed by atoms with van der Waals surface area (Å²) in [4.78, 5) is 2.45. The summed E-state index contributed by atoms with van der Waals surface area (Å²) in [6.45, 7) is 11.6. The highest BCUT2D eigenvalue weighted by Crippen LogP contribution is 2.40. The first-order chi connectivity index (χ1) is 8.56. The molecular formula is C16H23NO. The van der Waals surface area contributed by atoms with Crippen molar-refractivity contribution < 1.29 is 5.11 Å². The minimum absolute atomic E-state index is 0.163. The second-order valence-corrected chi connectivity index (χ2v) is 5.67. The molecule has 18 heavy (non-hydrogen) atoms. The molecule has 0 saturated carbocycles. The third-order valence-electron chi connectivity index (χ3n) is 4.46. The Kier molecular flexibility index (Phi) is 3.76. The number of aromatic hydroxyl groups is 1. The number of benzene rings is 1. The zero-order valence-corrected chi connectivity index (χ0v) is 11.4. The maximum Gasteiger partial charge on any atom is 0.115 e.